The largest absolute Gasteiger partial charge is 0.324 e. The summed E-state index contributed by atoms with van der Waals surface area (Å²) in [7, 11) is 0. The third-order valence-corrected chi connectivity index (χ3v) is 2.99. The van der Waals surface area contributed by atoms with E-state index in [4.69, 9.17) is 0 Å². The highest BCUT2D eigenvalue weighted by Gasteiger charge is 2.24. The summed E-state index contributed by atoms with van der Waals surface area (Å²) in [4.78, 5) is 16.5. The van der Waals surface area contributed by atoms with Crippen LogP contribution >= 0.6 is 15.9 Å². The highest BCUT2D eigenvalue weighted by molar-refractivity contribution is 9.10. The minimum atomic E-state index is -0.592. The van der Waals surface area contributed by atoms with E-state index in [0.29, 0.717) is 0 Å². The number of benzene rings is 1. The summed E-state index contributed by atoms with van der Waals surface area (Å²) in [5.41, 5.74) is 2.58. The van der Waals surface area contributed by atoms with Gasteiger partial charge in [-0.1, -0.05) is 34.1 Å². The molecular formula is C14H15BrN2O. The van der Waals surface area contributed by atoms with Crippen molar-refractivity contribution in [2.45, 2.75) is 25.1 Å². The molecule has 1 aromatic carbocycles. The van der Waals surface area contributed by atoms with Crippen LogP contribution in [0.1, 0.15) is 19.5 Å². The number of nitrogens with one attached hydrogen (secondary N) is 1. The van der Waals surface area contributed by atoms with E-state index >= 15 is 0 Å². The van der Waals surface area contributed by atoms with Gasteiger partial charge in [0, 0.05) is 11.1 Å². The highest BCUT2D eigenvalue weighted by atomic mass is 79.9. The fourth-order valence-corrected chi connectivity index (χ4v) is 1.78. The van der Waals surface area contributed by atoms with Gasteiger partial charge in [-0.15, -0.1) is 0 Å². The van der Waals surface area contributed by atoms with Gasteiger partial charge in [0.1, 0.15) is 0 Å². The van der Waals surface area contributed by atoms with Gasteiger partial charge in [-0.25, -0.2) is 0 Å². The zero-order chi connectivity index (χ0) is 13.3. The maximum Gasteiger partial charge on any atom is 0.240 e. The maximum atomic E-state index is 12.0. The molecular weight excluding hydrogens is 292 g/mol. The Balaban J connectivity index is 2.48. The Morgan fingerprint density at radius 2 is 2.00 bits per heavy atom. The number of alkyl halides is 1. The van der Waals surface area contributed by atoms with E-state index in [1.807, 2.05) is 51.1 Å². The zero-order valence-electron chi connectivity index (χ0n) is 10.6. The molecule has 1 heterocycles. The summed E-state index contributed by atoms with van der Waals surface area (Å²) in [6.07, 6.45) is 0. The molecule has 1 N–H and O–H groups in total. The molecule has 0 unspecified atom stereocenters. The highest BCUT2D eigenvalue weighted by Crippen LogP contribution is 2.25. The number of hydrogen-bond donors (Lipinski definition) is 1. The average Bonchev–Trinajstić information content (AvgIpc) is 2.27. The van der Waals surface area contributed by atoms with Crippen LogP contribution in [0.5, 0.6) is 0 Å². The van der Waals surface area contributed by atoms with Crippen LogP contribution in [-0.2, 0) is 4.79 Å². The summed E-state index contributed by atoms with van der Waals surface area (Å²) in [5.74, 6) is -0.0711. The van der Waals surface area contributed by atoms with Crippen molar-refractivity contribution in [1.82, 2.24) is 4.98 Å². The SMILES string of the molecule is Cc1cc(NC(=O)C(C)(C)Br)c2ccccc2n1. The van der Waals surface area contributed by atoms with Crippen molar-refractivity contribution in [3.05, 3.63) is 36.0 Å². The molecule has 0 aliphatic rings. The van der Waals surface area contributed by atoms with Gasteiger partial charge in [-0.3, -0.25) is 9.78 Å². The van der Waals surface area contributed by atoms with Gasteiger partial charge in [0.15, 0.2) is 0 Å². The van der Waals surface area contributed by atoms with Crippen molar-refractivity contribution in [2.75, 3.05) is 5.32 Å². The first-order valence-corrected chi connectivity index (χ1v) is 6.54. The summed E-state index contributed by atoms with van der Waals surface area (Å²) < 4.78 is -0.592. The van der Waals surface area contributed by atoms with Crippen molar-refractivity contribution in [1.29, 1.82) is 0 Å². The molecule has 0 saturated carbocycles. The molecule has 0 aliphatic carbocycles. The zero-order valence-corrected chi connectivity index (χ0v) is 12.2. The van der Waals surface area contributed by atoms with Crippen molar-refractivity contribution >= 4 is 38.4 Å². The predicted molar refractivity (Wildman–Crippen MR) is 78.1 cm³/mol. The Kier molecular flexibility index (Phi) is 3.39. The van der Waals surface area contributed by atoms with E-state index in [2.05, 4.69) is 26.2 Å². The fraction of sp³-hybridized carbons (Fsp3) is 0.286. The normalized spacial score (nSPS) is 11.6. The second-order valence-corrected chi connectivity index (χ2v) is 6.74. The predicted octanol–water partition coefficient (Wildman–Crippen LogP) is 3.66. The van der Waals surface area contributed by atoms with Crippen molar-refractivity contribution < 1.29 is 4.79 Å². The van der Waals surface area contributed by atoms with E-state index in [1.54, 1.807) is 0 Å². The third-order valence-electron chi connectivity index (χ3n) is 2.63. The van der Waals surface area contributed by atoms with Crippen LogP contribution in [0.3, 0.4) is 0 Å². The van der Waals surface area contributed by atoms with E-state index in [0.717, 1.165) is 22.3 Å². The number of rotatable bonds is 2. The Bertz CT molecular complexity index is 602. The standard InChI is InChI=1S/C14H15BrN2O/c1-9-8-12(17-13(18)14(2,3)15)10-6-4-5-7-11(10)16-9/h4-8H,1-3H3,(H,16,17,18). The van der Waals surface area contributed by atoms with Crippen LogP contribution in [0.25, 0.3) is 10.9 Å². The average molecular weight is 307 g/mol. The molecule has 0 bridgehead atoms. The van der Waals surface area contributed by atoms with Gasteiger partial charge < -0.3 is 5.32 Å². The Hall–Kier alpha value is -1.42. The molecule has 4 heteroatoms. The molecule has 3 nitrogen and oxygen atoms in total. The Labute approximate surface area is 115 Å². The number of para-hydroxylation sites is 1. The number of pyridine rings is 1. The first-order chi connectivity index (χ1) is 8.38. The first kappa shape index (κ1) is 13.0. The minimum Gasteiger partial charge on any atom is -0.324 e. The van der Waals surface area contributed by atoms with E-state index < -0.39 is 4.32 Å². The van der Waals surface area contributed by atoms with Crippen molar-refractivity contribution in [3.8, 4) is 0 Å². The number of carbonyl (C=O) groups excluding carboxylic acids is 1. The van der Waals surface area contributed by atoms with Gasteiger partial charge in [0.25, 0.3) is 0 Å². The smallest absolute Gasteiger partial charge is 0.240 e. The number of nitrogens with zero attached hydrogens (tertiary/aromatic N) is 1. The lowest BCUT2D eigenvalue weighted by atomic mass is 10.1. The van der Waals surface area contributed by atoms with Crippen molar-refractivity contribution in [3.63, 3.8) is 0 Å². The number of fused-ring (bicyclic) bond motifs is 1. The third kappa shape index (κ3) is 2.70. The van der Waals surface area contributed by atoms with E-state index in [-0.39, 0.29) is 5.91 Å². The molecule has 2 aromatic rings. The van der Waals surface area contributed by atoms with E-state index in [1.165, 1.54) is 0 Å². The number of anilines is 1. The second-order valence-electron chi connectivity index (χ2n) is 4.75. The molecule has 0 spiro atoms. The van der Waals surface area contributed by atoms with Crippen LogP contribution in [-0.4, -0.2) is 15.2 Å². The molecule has 0 fully saturated rings. The van der Waals surface area contributed by atoms with Crippen LogP contribution in [0.2, 0.25) is 0 Å². The van der Waals surface area contributed by atoms with Gasteiger partial charge in [0.05, 0.1) is 15.5 Å². The molecule has 2 rings (SSSR count). The summed E-state index contributed by atoms with van der Waals surface area (Å²) in [6.45, 7) is 5.55. The van der Waals surface area contributed by atoms with Gasteiger partial charge in [-0.2, -0.15) is 0 Å². The molecule has 18 heavy (non-hydrogen) atoms. The Morgan fingerprint density at radius 3 is 2.67 bits per heavy atom. The fourth-order valence-electron chi connectivity index (χ4n) is 1.68. The lowest BCUT2D eigenvalue weighted by molar-refractivity contribution is -0.117. The van der Waals surface area contributed by atoms with Crippen LogP contribution < -0.4 is 5.32 Å². The number of carbonyl (C=O) groups is 1. The van der Waals surface area contributed by atoms with Crippen LogP contribution in [0.15, 0.2) is 30.3 Å². The number of amides is 1. The molecule has 0 radical (unpaired) electrons. The molecule has 0 aliphatic heterocycles. The maximum absolute atomic E-state index is 12.0. The summed E-state index contributed by atoms with van der Waals surface area (Å²) in [5, 5.41) is 3.89. The topological polar surface area (TPSA) is 42.0 Å². The molecule has 1 aromatic heterocycles. The second kappa shape index (κ2) is 4.69. The number of aryl methyl sites for hydroxylation is 1. The quantitative estimate of drug-likeness (QED) is 0.860. The first-order valence-electron chi connectivity index (χ1n) is 5.75. The monoisotopic (exact) mass is 306 g/mol. The van der Waals surface area contributed by atoms with Gasteiger partial charge in [-0.05, 0) is 32.9 Å². The summed E-state index contributed by atoms with van der Waals surface area (Å²) >= 11 is 3.36. The van der Waals surface area contributed by atoms with Gasteiger partial charge in [0.2, 0.25) is 5.91 Å². The number of halogens is 1. The number of hydrogen-bond acceptors (Lipinski definition) is 2. The lowest BCUT2D eigenvalue weighted by Gasteiger charge is -2.17. The molecule has 0 saturated heterocycles. The number of aromatic nitrogens is 1. The lowest BCUT2D eigenvalue weighted by Crippen LogP contribution is -2.31. The van der Waals surface area contributed by atoms with Crippen LogP contribution in [0, 0.1) is 6.92 Å². The Morgan fingerprint density at radius 1 is 1.33 bits per heavy atom. The van der Waals surface area contributed by atoms with E-state index in [9.17, 15) is 4.79 Å². The van der Waals surface area contributed by atoms with Gasteiger partial charge >= 0.3 is 0 Å². The molecule has 0 atom stereocenters. The molecule has 94 valence electrons. The minimum absolute atomic E-state index is 0.0711. The van der Waals surface area contributed by atoms with Crippen LogP contribution in [0.4, 0.5) is 5.69 Å². The summed E-state index contributed by atoms with van der Waals surface area (Å²) in [6, 6.07) is 9.66. The molecule has 1 amide bonds. The van der Waals surface area contributed by atoms with Crippen molar-refractivity contribution in [2.24, 2.45) is 0 Å².